The normalized spacial score (nSPS) is 11.7. The molecule has 0 aliphatic heterocycles. The van der Waals surface area contributed by atoms with E-state index in [2.05, 4.69) is 34.4 Å². The first kappa shape index (κ1) is 18.3. The Labute approximate surface area is 168 Å². The number of nitrogens with zero attached hydrogens (tertiary/aromatic N) is 2. The average Bonchev–Trinajstić information content (AvgIpc) is 3.29. The average molecular weight is 399 g/mol. The number of fused-ring (bicyclic) bond motifs is 2. The number of rotatable bonds is 6. The van der Waals surface area contributed by atoms with Gasteiger partial charge in [0.1, 0.15) is 4.83 Å². The van der Waals surface area contributed by atoms with Gasteiger partial charge in [-0.05, 0) is 55.5 Å². The molecule has 4 rings (SSSR count). The maximum absolute atomic E-state index is 13.7. The summed E-state index contributed by atoms with van der Waals surface area (Å²) in [4.78, 5) is 14.9. The van der Waals surface area contributed by atoms with Crippen LogP contribution in [0.3, 0.4) is 0 Å². The van der Waals surface area contributed by atoms with E-state index in [1.54, 1.807) is 11.3 Å². The molecule has 0 aliphatic carbocycles. The van der Waals surface area contributed by atoms with E-state index in [1.165, 1.54) is 4.83 Å². The molecule has 1 aromatic carbocycles. The van der Waals surface area contributed by atoms with E-state index in [0.29, 0.717) is 5.02 Å². The minimum absolute atomic E-state index is 0.0893. The number of benzene rings is 1. The Morgan fingerprint density at radius 3 is 2.56 bits per heavy atom. The van der Waals surface area contributed by atoms with Gasteiger partial charge in [-0.1, -0.05) is 25.4 Å². The van der Waals surface area contributed by atoms with Gasteiger partial charge in [0.25, 0.3) is 0 Å². The van der Waals surface area contributed by atoms with Crippen LogP contribution in [0, 0.1) is 6.92 Å². The molecular formula is C22H23ClN2OS. The molecule has 3 aromatic heterocycles. The first-order valence-electron chi connectivity index (χ1n) is 9.46. The smallest absolute Gasteiger partial charge is 0.211 e. The van der Waals surface area contributed by atoms with Crippen LogP contribution in [-0.2, 0) is 13.1 Å². The molecule has 4 aromatic rings. The Balaban J connectivity index is 1.96. The molecule has 0 amide bonds. The summed E-state index contributed by atoms with van der Waals surface area (Å²) in [7, 11) is 0. The molecule has 0 radical (unpaired) electrons. The Morgan fingerprint density at radius 2 is 1.81 bits per heavy atom. The quantitative estimate of drug-likeness (QED) is 0.333. The van der Waals surface area contributed by atoms with Gasteiger partial charge in [-0.15, -0.1) is 11.3 Å². The zero-order valence-corrected chi connectivity index (χ0v) is 17.5. The summed E-state index contributed by atoms with van der Waals surface area (Å²) < 4.78 is 4.42. The van der Waals surface area contributed by atoms with Gasteiger partial charge in [0.2, 0.25) is 5.78 Å². The van der Waals surface area contributed by atoms with Crippen LogP contribution in [0.2, 0.25) is 5.02 Å². The lowest BCUT2D eigenvalue weighted by Gasteiger charge is -2.09. The maximum atomic E-state index is 13.7. The molecule has 0 atom stereocenters. The van der Waals surface area contributed by atoms with Crippen molar-refractivity contribution in [3.05, 3.63) is 57.7 Å². The lowest BCUT2D eigenvalue weighted by Crippen LogP contribution is -2.11. The number of carbonyl (C=O) groups excluding carboxylic acids is 1. The fourth-order valence-electron chi connectivity index (χ4n) is 3.99. The summed E-state index contributed by atoms with van der Waals surface area (Å²) in [5, 5.41) is 4.84. The number of halogens is 1. The molecule has 0 unspecified atom stereocenters. The van der Waals surface area contributed by atoms with E-state index in [4.69, 9.17) is 11.6 Å². The van der Waals surface area contributed by atoms with Crippen molar-refractivity contribution in [2.24, 2.45) is 0 Å². The van der Waals surface area contributed by atoms with Crippen molar-refractivity contribution in [1.29, 1.82) is 0 Å². The van der Waals surface area contributed by atoms with Gasteiger partial charge in [0.05, 0.1) is 11.3 Å². The topological polar surface area (TPSA) is 26.9 Å². The van der Waals surface area contributed by atoms with Crippen molar-refractivity contribution in [3.8, 4) is 0 Å². The Hall–Kier alpha value is -2.04. The van der Waals surface area contributed by atoms with Crippen molar-refractivity contribution in [1.82, 2.24) is 9.13 Å². The molecule has 0 aliphatic rings. The third-order valence-electron chi connectivity index (χ3n) is 5.14. The van der Waals surface area contributed by atoms with E-state index in [-0.39, 0.29) is 5.78 Å². The highest BCUT2D eigenvalue weighted by atomic mass is 35.5. The maximum Gasteiger partial charge on any atom is 0.211 e. The molecule has 0 saturated heterocycles. The molecule has 0 bridgehead atoms. The first-order chi connectivity index (χ1) is 13.1. The fraction of sp³-hybridized carbons (Fsp3) is 0.318. The van der Waals surface area contributed by atoms with Crippen LogP contribution in [0.25, 0.3) is 21.1 Å². The second kappa shape index (κ2) is 7.17. The summed E-state index contributed by atoms with van der Waals surface area (Å²) in [5.74, 6) is 0.0893. The second-order valence-corrected chi connectivity index (χ2v) is 8.30. The van der Waals surface area contributed by atoms with Gasteiger partial charge in [-0.2, -0.15) is 0 Å². The molecule has 5 heteroatoms. The lowest BCUT2D eigenvalue weighted by molar-refractivity contribution is 0.103. The van der Waals surface area contributed by atoms with Crippen molar-refractivity contribution in [2.75, 3.05) is 0 Å². The molecule has 3 heterocycles. The van der Waals surface area contributed by atoms with Gasteiger partial charge < -0.3 is 9.13 Å². The van der Waals surface area contributed by atoms with E-state index in [0.717, 1.165) is 59.2 Å². The number of carbonyl (C=O) groups is 1. The molecule has 27 heavy (non-hydrogen) atoms. The van der Waals surface area contributed by atoms with Crippen LogP contribution in [0.5, 0.6) is 0 Å². The van der Waals surface area contributed by atoms with Gasteiger partial charge in [0, 0.05) is 40.1 Å². The number of aromatic nitrogens is 2. The highest BCUT2D eigenvalue weighted by molar-refractivity contribution is 7.16. The molecule has 3 nitrogen and oxygen atoms in total. The summed E-state index contributed by atoms with van der Waals surface area (Å²) >= 11 is 7.98. The summed E-state index contributed by atoms with van der Waals surface area (Å²) in [6.07, 6.45) is 2.01. The molecule has 0 N–H and O–H groups in total. The van der Waals surface area contributed by atoms with Crippen LogP contribution in [0.15, 0.2) is 35.7 Å². The van der Waals surface area contributed by atoms with Crippen LogP contribution in [0.4, 0.5) is 0 Å². The number of hydrogen-bond donors (Lipinski definition) is 0. The predicted molar refractivity (Wildman–Crippen MR) is 116 cm³/mol. The Kier molecular flexibility index (Phi) is 4.87. The van der Waals surface area contributed by atoms with Crippen LogP contribution in [-0.4, -0.2) is 14.9 Å². The van der Waals surface area contributed by atoms with Crippen LogP contribution < -0.4 is 0 Å². The van der Waals surface area contributed by atoms with Crippen molar-refractivity contribution in [3.63, 3.8) is 0 Å². The van der Waals surface area contributed by atoms with Gasteiger partial charge in [-0.3, -0.25) is 4.79 Å². The van der Waals surface area contributed by atoms with Crippen LogP contribution in [0.1, 0.15) is 48.4 Å². The highest BCUT2D eigenvalue weighted by Gasteiger charge is 2.24. The van der Waals surface area contributed by atoms with Crippen molar-refractivity contribution in [2.45, 2.75) is 46.7 Å². The lowest BCUT2D eigenvalue weighted by atomic mass is 10.0. The zero-order valence-electron chi connectivity index (χ0n) is 15.9. The highest BCUT2D eigenvalue weighted by Crippen LogP contribution is 2.33. The molecule has 0 saturated carbocycles. The summed E-state index contributed by atoms with van der Waals surface area (Å²) in [6, 6.07) is 9.99. The van der Waals surface area contributed by atoms with Crippen molar-refractivity contribution < 1.29 is 4.79 Å². The minimum atomic E-state index is 0.0893. The third-order valence-corrected chi connectivity index (χ3v) is 6.33. The fourth-order valence-corrected chi connectivity index (χ4v) is 5.09. The molecule has 0 spiro atoms. The number of thiophene rings is 1. The Bertz CT molecular complexity index is 1150. The number of hydrogen-bond acceptors (Lipinski definition) is 2. The van der Waals surface area contributed by atoms with Gasteiger partial charge in [0.15, 0.2) is 0 Å². The minimum Gasteiger partial charge on any atom is -0.344 e. The molecular weight excluding hydrogens is 376 g/mol. The van der Waals surface area contributed by atoms with E-state index < -0.39 is 0 Å². The third kappa shape index (κ3) is 2.91. The predicted octanol–water partition coefficient (Wildman–Crippen LogP) is 6.67. The second-order valence-electron chi connectivity index (χ2n) is 6.96. The SMILES string of the molecule is CCCn1c(C)c(C(=O)c2cc3ccsc3n2CCC)c2cc(Cl)ccc21. The Morgan fingerprint density at radius 1 is 1.07 bits per heavy atom. The number of ketones is 1. The summed E-state index contributed by atoms with van der Waals surface area (Å²) in [6.45, 7) is 8.09. The monoisotopic (exact) mass is 398 g/mol. The molecule has 140 valence electrons. The molecule has 0 fully saturated rings. The summed E-state index contributed by atoms with van der Waals surface area (Å²) in [5.41, 5.74) is 3.66. The van der Waals surface area contributed by atoms with E-state index in [9.17, 15) is 4.79 Å². The van der Waals surface area contributed by atoms with Crippen LogP contribution >= 0.6 is 22.9 Å². The van der Waals surface area contributed by atoms with E-state index >= 15 is 0 Å². The van der Waals surface area contributed by atoms with Crippen molar-refractivity contribution >= 4 is 49.8 Å². The first-order valence-corrected chi connectivity index (χ1v) is 10.7. The zero-order chi connectivity index (χ0) is 19.1. The number of aryl methyl sites for hydroxylation is 2. The van der Waals surface area contributed by atoms with Gasteiger partial charge >= 0.3 is 0 Å². The van der Waals surface area contributed by atoms with Gasteiger partial charge in [-0.25, -0.2) is 0 Å². The van der Waals surface area contributed by atoms with E-state index in [1.807, 2.05) is 31.2 Å². The standard InChI is InChI=1S/C22H23ClN2OS/c1-4-9-24-14(3)20(17-13-16(23)6-7-18(17)24)21(26)19-12-15-8-11-27-22(15)25(19)10-5-2/h6-8,11-13H,4-5,9-10H2,1-3H3. The largest absolute Gasteiger partial charge is 0.344 e.